The van der Waals surface area contributed by atoms with Gasteiger partial charge in [0.25, 0.3) is 0 Å². The molecule has 0 spiro atoms. The predicted octanol–water partition coefficient (Wildman–Crippen LogP) is 1.48. The van der Waals surface area contributed by atoms with Gasteiger partial charge in [0.15, 0.2) is 5.78 Å². The lowest BCUT2D eigenvalue weighted by Gasteiger charge is -2.39. The number of hydrogen-bond acceptors (Lipinski definition) is 2. The molecule has 3 nitrogen and oxygen atoms in total. The highest BCUT2D eigenvalue weighted by atomic mass is 16.2. The van der Waals surface area contributed by atoms with Crippen molar-refractivity contribution in [2.75, 3.05) is 6.54 Å². The monoisotopic (exact) mass is 215 g/mol. The zero-order valence-electron chi connectivity index (χ0n) is 8.98. The number of Topliss-reactive ketones (excluding diaryl/α,β-unsaturated/α-hetero) is 1. The smallest absolute Gasteiger partial charge is 0.223 e. The average Bonchev–Trinajstić information content (AvgIpc) is 2.33. The van der Waals surface area contributed by atoms with E-state index in [1.54, 1.807) is 4.90 Å². The normalized spacial score (nSPS) is 24.0. The molecule has 0 N–H and O–H groups in total. The first-order valence-electron chi connectivity index (χ1n) is 5.67. The molecule has 16 heavy (non-hydrogen) atoms. The Bertz CT molecular complexity index is 467. The average molecular weight is 215 g/mol. The second-order valence-corrected chi connectivity index (χ2v) is 4.40. The molecule has 1 amide bonds. The SMILES string of the molecule is O=C1CCC(=O)N2CCc3ccccc3C12. The lowest BCUT2D eigenvalue weighted by molar-refractivity contribution is -0.145. The Hall–Kier alpha value is -1.64. The summed E-state index contributed by atoms with van der Waals surface area (Å²) in [4.78, 5) is 25.4. The number of ketones is 1. The first-order chi connectivity index (χ1) is 7.77. The van der Waals surface area contributed by atoms with Crippen LogP contribution < -0.4 is 0 Å². The van der Waals surface area contributed by atoms with Crippen LogP contribution in [0.15, 0.2) is 24.3 Å². The quantitative estimate of drug-likeness (QED) is 0.657. The molecule has 1 atom stereocenters. The van der Waals surface area contributed by atoms with Crippen molar-refractivity contribution in [2.45, 2.75) is 25.3 Å². The lowest BCUT2D eigenvalue weighted by atomic mass is 9.86. The summed E-state index contributed by atoms with van der Waals surface area (Å²) in [6.45, 7) is 0.687. The second-order valence-electron chi connectivity index (χ2n) is 4.40. The largest absolute Gasteiger partial charge is 0.328 e. The van der Waals surface area contributed by atoms with E-state index in [4.69, 9.17) is 0 Å². The first kappa shape index (κ1) is 9.58. The van der Waals surface area contributed by atoms with E-state index < -0.39 is 0 Å². The number of nitrogens with zero attached hydrogens (tertiary/aromatic N) is 1. The van der Waals surface area contributed by atoms with Crippen molar-refractivity contribution in [1.82, 2.24) is 4.90 Å². The molecule has 3 heteroatoms. The van der Waals surface area contributed by atoms with Crippen LogP contribution in [0, 0.1) is 0 Å². The summed E-state index contributed by atoms with van der Waals surface area (Å²) >= 11 is 0. The van der Waals surface area contributed by atoms with Gasteiger partial charge in [-0.25, -0.2) is 0 Å². The molecular formula is C13H13NO2. The maximum absolute atomic E-state index is 11.9. The summed E-state index contributed by atoms with van der Waals surface area (Å²) in [5, 5.41) is 0. The fraction of sp³-hybridized carbons (Fsp3) is 0.385. The van der Waals surface area contributed by atoms with Crippen molar-refractivity contribution in [2.24, 2.45) is 0 Å². The molecule has 0 radical (unpaired) electrons. The first-order valence-corrected chi connectivity index (χ1v) is 5.67. The number of hydrogen-bond donors (Lipinski definition) is 0. The Morgan fingerprint density at radius 3 is 2.75 bits per heavy atom. The van der Waals surface area contributed by atoms with Crippen LogP contribution in [0.4, 0.5) is 0 Å². The molecule has 1 aromatic carbocycles. The van der Waals surface area contributed by atoms with Gasteiger partial charge in [-0.2, -0.15) is 0 Å². The number of piperidine rings is 1. The van der Waals surface area contributed by atoms with Crippen LogP contribution in [0.3, 0.4) is 0 Å². The zero-order valence-corrected chi connectivity index (χ0v) is 8.98. The van der Waals surface area contributed by atoms with Gasteiger partial charge in [0.05, 0.1) is 0 Å². The Morgan fingerprint density at radius 2 is 1.88 bits per heavy atom. The molecule has 0 aromatic heterocycles. The standard InChI is InChI=1S/C13H13NO2/c15-11-5-6-12(16)14-8-7-9-3-1-2-4-10(9)13(11)14/h1-4,13H,5-8H2. The zero-order chi connectivity index (χ0) is 11.1. The van der Waals surface area contributed by atoms with Gasteiger partial charge in [-0.1, -0.05) is 24.3 Å². The third-order valence-electron chi connectivity index (χ3n) is 3.49. The molecule has 0 aliphatic carbocycles. The fourth-order valence-corrected chi connectivity index (χ4v) is 2.69. The van der Waals surface area contributed by atoms with Gasteiger partial charge >= 0.3 is 0 Å². The molecule has 2 aliphatic rings. The number of fused-ring (bicyclic) bond motifs is 3. The van der Waals surface area contributed by atoms with E-state index in [2.05, 4.69) is 6.07 Å². The van der Waals surface area contributed by atoms with Crippen molar-refractivity contribution >= 4 is 11.7 Å². The van der Waals surface area contributed by atoms with Crippen LogP contribution in [0.5, 0.6) is 0 Å². The summed E-state index contributed by atoms with van der Waals surface area (Å²) in [7, 11) is 0. The highest BCUT2D eigenvalue weighted by Gasteiger charge is 2.38. The molecular weight excluding hydrogens is 202 g/mol. The summed E-state index contributed by atoms with van der Waals surface area (Å²) < 4.78 is 0. The summed E-state index contributed by atoms with van der Waals surface area (Å²) in [5.74, 6) is 0.311. The summed E-state index contributed by atoms with van der Waals surface area (Å²) in [6, 6.07) is 7.66. The van der Waals surface area contributed by atoms with Crippen molar-refractivity contribution in [3.8, 4) is 0 Å². The molecule has 2 aliphatic heterocycles. The molecule has 0 saturated carbocycles. The van der Waals surface area contributed by atoms with Crippen LogP contribution >= 0.6 is 0 Å². The van der Waals surface area contributed by atoms with Gasteiger partial charge in [0, 0.05) is 19.4 Å². The highest BCUT2D eigenvalue weighted by molar-refractivity contribution is 5.96. The van der Waals surface area contributed by atoms with E-state index in [-0.39, 0.29) is 17.7 Å². The van der Waals surface area contributed by atoms with Crippen LogP contribution in [0.25, 0.3) is 0 Å². The van der Waals surface area contributed by atoms with Crippen LogP contribution in [-0.2, 0) is 16.0 Å². The third kappa shape index (κ3) is 1.28. The molecule has 2 heterocycles. The minimum absolute atomic E-state index is 0.124. The van der Waals surface area contributed by atoms with E-state index in [1.807, 2.05) is 18.2 Å². The Morgan fingerprint density at radius 1 is 1.06 bits per heavy atom. The molecule has 1 aromatic rings. The predicted molar refractivity (Wildman–Crippen MR) is 58.8 cm³/mol. The Kier molecular flexibility index (Phi) is 2.06. The van der Waals surface area contributed by atoms with Crippen molar-refractivity contribution in [1.29, 1.82) is 0 Å². The molecule has 1 fully saturated rings. The number of benzene rings is 1. The Balaban J connectivity index is 2.09. The number of carbonyl (C=O) groups excluding carboxylic acids is 2. The van der Waals surface area contributed by atoms with Crippen LogP contribution in [0.2, 0.25) is 0 Å². The summed E-state index contributed by atoms with van der Waals surface area (Å²) in [6.07, 6.45) is 1.65. The molecule has 3 rings (SSSR count). The lowest BCUT2D eigenvalue weighted by Crippen LogP contribution is -2.46. The van der Waals surface area contributed by atoms with E-state index in [9.17, 15) is 9.59 Å². The van der Waals surface area contributed by atoms with Crippen molar-refractivity contribution in [3.63, 3.8) is 0 Å². The van der Waals surface area contributed by atoms with Crippen molar-refractivity contribution < 1.29 is 9.59 Å². The second kappa shape index (κ2) is 3.44. The van der Waals surface area contributed by atoms with Gasteiger partial charge in [-0.3, -0.25) is 9.59 Å². The van der Waals surface area contributed by atoms with Gasteiger partial charge < -0.3 is 4.90 Å². The molecule has 0 bridgehead atoms. The number of carbonyl (C=O) groups is 2. The summed E-state index contributed by atoms with van der Waals surface area (Å²) in [5.41, 5.74) is 2.25. The van der Waals surface area contributed by atoms with Crippen molar-refractivity contribution in [3.05, 3.63) is 35.4 Å². The van der Waals surface area contributed by atoms with Crippen LogP contribution in [0.1, 0.15) is 30.0 Å². The fourth-order valence-electron chi connectivity index (χ4n) is 2.69. The van der Waals surface area contributed by atoms with E-state index in [0.717, 1.165) is 12.0 Å². The van der Waals surface area contributed by atoms with Gasteiger partial charge in [0.2, 0.25) is 5.91 Å². The Labute approximate surface area is 94.1 Å². The maximum atomic E-state index is 11.9. The third-order valence-corrected chi connectivity index (χ3v) is 3.49. The van der Waals surface area contributed by atoms with Gasteiger partial charge in [-0.15, -0.1) is 0 Å². The number of rotatable bonds is 0. The maximum Gasteiger partial charge on any atom is 0.223 e. The number of amides is 1. The molecule has 1 saturated heterocycles. The van der Waals surface area contributed by atoms with Gasteiger partial charge in [0.1, 0.15) is 6.04 Å². The minimum Gasteiger partial charge on any atom is -0.328 e. The highest BCUT2D eigenvalue weighted by Crippen LogP contribution is 2.34. The minimum atomic E-state index is -0.300. The van der Waals surface area contributed by atoms with E-state index >= 15 is 0 Å². The van der Waals surface area contributed by atoms with E-state index in [1.165, 1.54) is 5.56 Å². The van der Waals surface area contributed by atoms with E-state index in [0.29, 0.717) is 19.4 Å². The topological polar surface area (TPSA) is 37.4 Å². The molecule has 1 unspecified atom stereocenters. The van der Waals surface area contributed by atoms with Gasteiger partial charge in [-0.05, 0) is 17.5 Å². The molecule has 82 valence electrons. The van der Waals surface area contributed by atoms with Crippen LogP contribution in [-0.4, -0.2) is 23.1 Å².